The number of guanidine groups is 1. The van der Waals surface area contributed by atoms with Crippen LogP contribution in [0.4, 0.5) is 13.2 Å². The number of aliphatic imine (C=N–C) groups is 1. The average molecular weight is 370 g/mol. The van der Waals surface area contributed by atoms with E-state index in [1.54, 1.807) is 6.07 Å². The van der Waals surface area contributed by atoms with Crippen molar-refractivity contribution < 1.29 is 17.9 Å². The zero-order chi connectivity index (χ0) is 18.6. The molecule has 2 aliphatic rings. The second-order valence-electron chi connectivity index (χ2n) is 7.10. The largest absolute Gasteiger partial charge is 0.468 e. The molecule has 144 valence electrons. The number of halogens is 3. The lowest BCUT2D eigenvalue weighted by Crippen LogP contribution is -2.42. The second kappa shape index (κ2) is 7.72. The van der Waals surface area contributed by atoms with Crippen LogP contribution in [0.3, 0.4) is 0 Å². The molecule has 2 heterocycles. The van der Waals surface area contributed by atoms with E-state index in [2.05, 4.69) is 20.2 Å². The van der Waals surface area contributed by atoms with E-state index < -0.39 is 12.8 Å². The lowest BCUT2D eigenvalue weighted by Gasteiger charge is -2.38. The quantitative estimate of drug-likeness (QED) is 0.638. The molecule has 0 aromatic carbocycles. The summed E-state index contributed by atoms with van der Waals surface area (Å²) in [7, 11) is 0. The maximum atomic E-state index is 12.3. The van der Waals surface area contributed by atoms with Crippen LogP contribution < -0.4 is 10.1 Å². The maximum absolute atomic E-state index is 12.3. The lowest BCUT2D eigenvalue weighted by molar-refractivity contribution is -0.154. The summed E-state index contributed by atoms with van der Waals surface area (Å²) in [4.78, 5) is 10.8. The molecule has 2 fully saturated rings. The van der Waals surface area contributed by atoms with Gasteiger partial charge in [0, 0.05) is 31.9 Å². The third kappa shape index (κ3) is 4.80. The van der Waals surface area contributed by atoms with Crippen LogP contribution in [0.5, 0.6) is 5.88 Å². The number of nitrogens with one attached hydrogen (secondary N) is 1. The van der Waals surface area contributed by atoms with Gasteiger partial charge in [-0.1, -0.05) is 6.42 Å². The molecule has 0 amide bonds. The van der Waals surface area contributed by atoms with Crippen LogP contribution in [0.2, 0.25) is 0 Å². The normalized spacial score (nSPS) is 19.5. The van der Waals surface area contributed by atoms with Crippen molar-refractivity contribution >= 4 is 5.96 Å². The van der Waals surface area contributed by atoms with Crippen LogP contribution in [0.25, 0.3) is 0 Å². The van der Waals surface area contributed by atoms with Gasteiger partial charge in [-0.15, -0.1) is 0 Å². The van der Waals surface area contributed by atoms with Gasteiger partial charge in [0.25, 0.3) is 0 Å². The fraction of sp³-hybridized carbons (Fsp3) is 0.667. The third-order valence-electron chi connectivity index (χ3n) is 5.08. The predicted molar refractivity (Wildman–Crippen MR) is 93.1 cm³/mol. The average Bonchev–Trinajstić information content (AvgIpc) is 3.02. The van der Waals surface area contributed by atoms with Crippen LogP contribution in [-0.4, -0.2) is 48.3 Å². The van der Waals surface area contributed by atoms with Gasteiger partial charge in [-0.3, -0.25) is 0 Å². The first-order valence-corrected chi connectivity index (χ1v) is 9.07. The molecule has 8 heteroatoms. The predicted octanol–water partition coefficient (Wildman–Crippen LogP) is 3.36. The van der Waals surface area contributed by atoms with Gasteiger partial charge in [0.05, 0.1) is 6.54 Å². The summed E-state index contributed by atoms with van der Waals surface area (Å²) < 4.78 is 41.5. The third-order valence-corrected chi connectivity index (χ3v) is 5.08. The number of hydrogen-bond acceptors (Lipinski definition) is 3. The number of nitrogens with zero attached hydrogens (tertiary/aromatic N) is 3. The Hall–Kier alpha value is -1.99. The molecule has 0 unspecified atom stereocenters. The fourth-order valence-electron chi connectivity index (χ4n) is 3.58. The summed E-state index contributed by atoms with van der Waals surface area (Å²) in [5, 5.41) is 3.32. The molecule has 1 spiro atoms. The summed E-state index contributed by atoms with van der Waals surface area (Å²) in [5.74, 6) is 0.834. The minimum atomic E-state index is -4.37. The Kier molecular flexibility index (Phi) is 5.58. The monoisotopic (exact) mass is 370 g/mol. The highest BCUT2D eigenvalue weighted by Gasteiger charge is 2.43. The van der Waals surface area contributed by atoms with Crippen molar-refractivity contribution in [3.8, 4) is 5.88 Å². The van der Waals surface area contributed by atoms with E-state index >= 15 is 0 Å². The number of pyridine rings is 1. The highest BCUT2D eigenvalue weighted by atomic mass is 19.4. The molecule has 3 rings (SSSR count). The molecule has 1 aromatic heterocycles. The van der Waals surface area contributed by atoms with Gasteiger partial charge in [-0.05, 0) is 43.2 Å². The standard InChI is InChI=1S/C18H25F3N4O/c1-2-22-16(25-9-7-17(12-25)5-3-6-17)24-11-14-4-8-23-15(10-14)26-13-18(19,20)21/h4,8,10H,2-3,5-7,9,11-13H2,1H3,(H,22,24). The van der Waals surface area contributed by atoms with Crippen molar-refractivity contribution in [3.63, 3.8) is 0 Å². The molecule has 1 saturated carbocycles. The van der Waals surface area contributed by atoms with Crippen molar-refractivity contribution in [2.24, 2.45) is 10.4 Å². The summed E-state index contributed by atoms with van der Waals surface area (Å²) in [6.45, 7) is 3.87. The molecule has 0 radical (unpaired) electrons. The van der Waals surface area contributed by atoms with Crippen LogP contribution in [0, 0.1) is 5.41 Å². The Morgan fingerprint density at radius 2 is 2.19 bits per heavy atom. The molecule has 1 N–H and O–H groups in total. The molecule has 1 aliphatic heterocycles. The molecule has 26 heavy (non-hydrogen) atoms. The number of likely N-dealkylation sites (tertiary alicyclic amines) is 1. The van der Waals surface area contributed by atoms with Crippen molar-refractivity contribution in [1.82, 2.24) is 15.2 Å². The maximum Gasteiger partial charge on any atom is 0.422 e. The first-order chi connectivity index (χ1) is 12.4. The van der Waals surface area contributed by atoms with E-state index in [0.29, 0.717) is 12.0 Å². The van der Waals surface area contributed by atoms with Crippen LogP contribution in [-0.2, 0) is 6.54 Å². The van der Waals surface area contributed by atoms with E-state index in [9.17, 15) is 13.2 Å². The summed E-state index contributed by atoms with van der Waals surface area (Å²) in [6.07, 6.45) is 2.20. The molecule has 1 saturated heterocycles. The van der Waals surface area contributed by atoms with Crippen molar-refractivity contribution in [2.45, 2.75) is 45.3 Å². The Balaban J connectivity index is 1.62. The Labute approximate surface area is 151 Å². The summed E-state index contributed by atoms with van der Waals surface area (Å²) in [6, 6.07) is 3.25. The number of aromatic nitrogens is 1. The minimum absolute atomic E-state index is 0.0328. The SMILES string of the molecule is CCNC(=NCc1ccnc(OCC(F)(F)F)c1)N1CCC2(CCC2)C1. The minimum Gasteiger partial charge on any atom is -0.468 e. The van der Waals surface area contributed by atoms with Crippen molar-refractivity contribution in [2.75, 3.05) is 26.2 Å². The van der Waals surface area contributed by atoms with Gasteiger partial charge >= 0.3 is 6.18 Å². The molecule has 0 atom stereocenters. The van der Waals surface area contributed by atoms with Crippen molar-refractivity contribution in [1.29, 1.82) is 0 Å². The zero-order valence-electron chi connectivity index (χ0n) is 15.0. The number of hydrogen-bond donors (Lipinski definition) is 1. The van der Waals surface area contributed by atoms with E-state index in [0.717, 1.165) is 31.2 Å². The highest BCUT2D eigenvalue weighted by molar-refractivity contribution is 5.80. The molecule has 1 aliphatic carbocycles. The Morgan fingerprint density at radius 1 is 1.38 bits per heavy atom. The second-order valence-corrected chi connectivity index (χ2v) is 7.10. The fourth-order valence-corrected chi connectivity index (χ4v) is 3.58. The number of rotatable bonds is 5. The van der Waals surface area contributed by atoms with Gasteiger partial charge in [0.1, 0.15) is 0 Å². The summed E-state index contributed by atoms with van der Waals surface area (Å²) in [5.41, 5.74) is 1.25. The molecular weight excluding hydrogens is 345 g/mol. The molecule has 5 nitrogen and oxygen atoms in total. The lowest BCUT2D eigenvalue weighted by atomic mass is 9.68. The van der Waals surface area contributed by atoms with Gasteiger partial charge in [0.2, 0.25) is 5.88 Å². The summed E-state index contributed by atoms with van der Waals surface area (Å²) >= 11 is 0. The first kappa shape index (κ1) is 18.8. The Bertz CT molecular complexity index is 644. The molecule has 1 aromatic rings. The highest BCUT2D eigenvalue weighted by Crippen LogP contribution is 2.47. The molecular formula is C18H25F3N4O. The van der Waals surface area contributed by atoms with Gasteiger partial charge in [0.15, 0.2) is 12.6 Å². The van der Waals surface area contributed by atoms with Crippen LogP contribution >= 0.6 is 0 Å². The van der Waals surface area contributed by atoms with E-state index in [1.807, 2.05) is 6.92 Å². The Morgan fingerprint density at radius 3 is 2.81 bits per heavy atom. The van der Waals surface area contributed by atoms with Gasteiger partial charge in [-0.2, -0.15) is 13.2 Å². The first-order valence-electron chi connectivity index (χ1n) is 9.07. The molecule has 0 bridgehead atoms. The topological polar surface area (TPSA) is 49.8 Å². The smallest absolute Gasteiger partial charge is 0.422 e. The zero-order valence-corrected chi connectivity index (χ0v) is 15.0. The van der Waals surface area contributed by atoms with Crippen molar-refractivity contribution in [3.05, 3.63) is 23.9 Å². The van der Waals surface area contributed by atoms with Gasteiger partial charge < -0.3 is 15.0 Å². The van der Waals surface area contributed by atoms with E-state index in [1.165, 1.54) is 37.9 Å². The number of ether oxygens (including phenoxy) is 1. The van der Waals surface area contributed by atoms with E-state index in [4.69, 9.17) is 4.74 Å². The van der Waals surface area contributed by atoms with Crippen LogP contribution in [0.1, 0.15) is 38.2 Å². The van der Waals surface area contributed by atoms with Crippen LogP contribution in [0.15, 0.2) is 23.3 Å². The number of alkyl halides is 3. The van der Waals surface area contributed by atoms with Gasteiger partial charge in [-0.25, -0.2) is 9.98 Å². The van der Waals surface area contributed by atoms with E-state index in [-0.39, 0.29) is 5.88 Å².